The van der Waals surface area contributed by atoms with E-state index in [1.807, 2.05) is 6.07 Å². The second-order valence-corrected chi connectivity index (χ2v) is 7.96. The Labute approximate surface area is 170 Å². The second-order valence-electron chi connectivity index (χ2n) is 7.04. The number of pyridine rings is 1. The molecule has 0 spiro atoms. The van der Waals surface area contributed by atoms with Crippen LogP contribution in [0.3, 0.4) is 0 Å². The minimum Gasteiger partial charge on any atom is -0.380 e. The Balaban J connectivity index is 0.00000156. The van der Waals surface area contributed by atoms with E-state index in [-0.39, 0.29) is 30.2 Å². The van der Waals surface area contributed by atoms with Crippen molar-refractivity contribution < 1.29 is 5.11 Å². The second kappa shape index (κ2) is 8.36. The van der Waals surface area contributed by atoms with Gasteiger partial charge in [0.25, 0.3) is 0 Å². The third-order valence-electron chi connectivity index (χ3n) is 5.02. The molecule has 25 heavy (non-hydrogen) atoms. The van der Waals surface area contributed by atoms with E-state index < -0.39 is 5.60 Å². The van der Waals surface area contributed by atoms with Gasteiger partial charge >= 0.3 is 0 Å². The predicted molar refractivity (Wildman–Crippen MR) is 111 cm³/mol. The van der Waals surface area contributed by atoms with Crippen LogP contribution >= 0.6 is 40.7 Å². The van der Waals surface area contributed by atoms with E-state index in [2.05, 4.69) is 71.3 Å². The monoisotopic (exact) mass is 446 g/mol. The summed E-state index contributed by atoms with van der Waals surface area (Å²) in [6.07, 6.45) is 3.51. The number of nitrogens with zero attached hydrogens (tertiary/aromatic N) is 1. The van der Waals surface area contributed by atoms with Crippen LogP contribution in [0.25, 0.3) is 0 Å². The van der Waals surface area contributed by atoms with Crippen LogP contribution in [0.2, 0.25) is 0 Å². The van der Waals surface area contributed by atoms with Crippen molar-refractivity contribution in [1.82, 2.24) is 10.3 Å². The first kappa shape index (κ1) is 22.4. The molecule has 0 bridgehead atoms. The summed E-state index contributed by atoms with van der Waals surface area (Å²) in [7, 11) is 0. The molecule has 1 aliphatic heterocycles. The molecule has 1 aliphatic rings. The van der Waals surface area contributed by atoms with Crippen molar-refractivity contribution in [2.24, 2.45) is 5.41 Å². The van der Waals surface area contributed by atoms with Gasteiger partial charge in [0.1, 0.15) is 5.60 Å². The molecule has 1 aromatic carbocycles. The molecule has 138 valence electrons. The number of aliphatic hydroxyl groups is 1. The molecule has 3 nitrogen and oxygen atoms in total. The number of nitrogens with one attached hydrogen (secondary N) is 1. The lowest BCUT2D eigenvalue weighted by Gasteiger charge is -2.52. The minimum absolute atomic E-state index is 0. The third kappa shape index (κ3) is 3.88. The van der Waals surface area contributed by atoms with E-state index in [0.717, 1.165) is 28.7 Å². The average molecular weight is 448 g/mol. The summed E-state index contributed by atoms with van der Waals surface area (Å²) in [5.74, 6) is 0.477. The maximum Gasteiger partial charge on any atom is 0.124 e. The van der Waals surface area contributed by atoms with Crippen LogP contribution in [0.4, 0.5) is 0 Å². The van der Waals surface area contributed by atoms with Gasteiger partial charge in [0.2, 0.25) is 0 Å². The highest BCUT2D eigenvalue weighted by molar-refractivity contribution is 9.10. The van der Waals surface area contributed by atoms with Gasteiger partial charge in [-0.25, -0.2) is 0 Å². The number of hydrogen-bond donors (Lipinski definition) is 2. The first-order valence-electron chi connectivity index (χ1n) is 8.01. The molecule has 1 fully saturated rings. The van der Waals surface area contributed by atoms with Gasteiger partial charge in [0, 0.05) is 40.9 Å². The largest absolute Gasteiger partial charge is 0.380 e. The summed E-state index contributed by atoms with van der Waals surface area (Å²) in [5.41, 5.74) is 1.71. The summed E-state index contributed by atoms with van der Waals surface area (Å²) >= 11 is 3.48. The lowest BCUT2D eigenvalue weighted by Crippen LogP contribution is -2.63. The molecule has 1 aromatic heterocycles. The van der Waals surface area contributed by atoms with Crippen molar-refractivity contribution in [1.29, 1.82) is 0 Å². The fourth-order valence-corrected chi connectivity index (χ4v) is 3.70. The SMILES string of the molecule is CC(C)c1ccc([C@](O)(c2cncc(Br)c2)C2(C)CNC2)cc1.Cl.Cl. The Morgan fingerprint density at radius 3 is 2.16 bits per heavy atom. The van der Waals surface area contributed by atoms with Crippen molar-refractivity contribution in [3.8, 4) is 0 Å². The molecule has 2 aromatic rings. The molecule has 1 saturated heterocycles. The van der Waals surface area contributed by atoms with E-state index in [0.29, 0.717) is 5.92 Å². The molecule has 2 N–H and O–H groups in total. The van der Waals surface area contributed by atoms with Gasteiger partial charge in [-0.2, -0.15) is 0 Å². The van der Waals surface area contributed by atoms with Gasteiger partial charge in [0.15, 0.2) is 0 Å². The average Bonchev–Trinajstić information content (AvgIpc) is 2.52. The highest BCUT2D eigenvalue weighted by Crippen LogP contribution is 2.47. The van der Waals surface area contributed by atoms with Crippen molar-refractivity contribution in [2.45, 2.75) is 32.3 Å². The van der Waals surface area contributed by atoms with Crippen LogP contribution in [0.1, 0.15) is 43.4 Å². The molecular weight excluding hydrogens is 423 g/mol. The van der Waals surface area contributed by atoms with Crippen LogP contribution in [0, 0.1) is 5.41 Å². The van der Waals surface area contributed by atoms with Crippen molar-refractivity contribution in [3.63, 3.8) is 0 Å². The Kier molecular flexibility index (Phi) is 7.49. The summed E-state index contributed by atoms with van der Waals surface area (Å²) in [4.78, 5) is 4.27. The fraction of sp³-hybridized carbons (Fsp3) is 0.421. The van der Waals surface area contributed by atoms with E-state index >= 15 is 0 Å². The number of hydrogen-bond acceptors (Lipinski definition) is 3. The van der Waals surface area contributed by atoms with Crippen LogP contribution in [0.5, 0.6) is 0 Å². The molecule has 3 rings (SSSR count). The molecule has 6 heteroatoms. The van der Waals surface area contributed by atoms with Gasteiger partial charge in [0.05, 0.1) is 0 Å². The lowest BCUT2D eigenvalue weighted by molar-refractivity contribution is -0.0770. The zero-order valence-corrected chi connectivity index (χ0v) is 17.8. The van der Waals surface area contributed by atoms with E-state index in [1.54, 1.807) is 12.4 Å². The summed E-state index contributed by atoms with van der Waals surface area (Å²) in [6, 6.07) is 10.3. The van der Waals surface area contributed by atoms with Crippen molar-refractivity contribution in [3.05, 3.63) is 63.9 Å². The predicted octanol–water partition coefficient (Wildman–Crippen LogP) is 4.66. The first-order chi connectivity index (χ1) is 10.9. The Bertz CT molecular complexity index is 705. The number of halogens is 3. The topological polar surface area (TPSA) is 45.2 Å². The molecule has 0 radical (unpaired) electrons. The van der Waals surface area contributed by atoms with Crippen LogP contribution in [-0.2, 0) is 5.60 Å². The minimum atomic E-state index is -1.06. The van der Waals surface area contributed by atoms with Gasteiger partial charge < -0.3 is 10.4 Å². The highest BCUT2D eigenvalue weighted by Gasteiger charge is 2.53. The Morgan fingerprint density at radius 2 is 1.72 bits per heavy atom. The van der Waals surface area contributed by atoms with Crippen molar-refractivity contribution >= 4 is 40.7 Å². The first-order valence-corrected chi connectivity index (χ1v) is 8.81. The Morgan fingerprint density at radius 1 is 1.12 bits per heavy atom. The van der Waals surface area contributed by atoms with E-state index in [4.69, 9.17) is 0 Å². The standard InChI is InChI=1S/C19H23BrN2O.2ClH/c1-13(2)14-4-6-15(7-5-14)19(23,18(3)11-22-12-18)16-8-17(20)10-21-9-16;;/h4-10,13,22-23H,11-12H2,1-3H3;2*1H/t19-;;/m0../s1. The van der Waals surface area contributed by atoms with E-state index in [1.165, 1.54) is 5.56 Å². The fourth-order valence-electron chi connectivity index (χ4n) is 3.34. The van der Waals surface area contributed by atoms with Crippen LogP contribution < -0.4 is 5.32 Å². The number of aromatic nitrogens is 1. The van der Waals surface area contributed by atoms with Crippen molar-refractivity contribution in [2.75, 3.05) is 13.1 Å². The molecule has 1 atom stereocenters. The van der Waals surface area contributed by atoms with Gasteiger partial charge in [-0.3, -0.25) is 4.98 Å². The maximum absolute atomic E-state index is 11.8. The summed E-state index contributed by atoms with van der Waals surface area (Å²) < 4.78 is 0.878. The van der Waals surface area contributed by atoms with E-state index in [9.17, 15) is 5.11 Å². The maximum atomic E-state index is 11.8. The highest BCUT2D eigenvalue weighted by atomic mass is 79.9. The van der Waals surface area contributed by atoms with Crippen LogP contribution in [0.15, 0.2) is 47.2 Å². The van der Waals surface area contributed by atoms with Gasteiger partial charge in [-0.1, -0.05) is 45.0 Å². The lowest BCUT2D eigenvalue weighted by atomic mass is 9.63. The zero-order valence-electron chi connectivity index (χ0n) is 14.6. The van der Waals surface area contributed by atoms with Gasteiger partial charge in [-0.15, -0.1) is 24.8 Å². The number of benzene rings is 1. The normalized spacial score (nSPS) is 17.7. The summed E-state index contributed by atoms with van der Waals surface area (Å²) in [6.45, 7) is 8.04. The summed E-state index contributed by atoms with van der Waals surface area (Å²) in [5, 5.41) is 15.1. The molecular formula is C19H25BrCl2N2O. The smallest absolute Gasteiger partial charge is 0.124 e. The van der Waals surface area contributed by atoms with Gasteiger partial charge in [-0.05, 0) is 39.0 Å². The van der Waals surface area contributed by atoms with Crippen LogP contribution in [-0.4, -0.2) is 23.2 Å². The zero-order chi connectivity index (χ0) is 16.7. The number of rotatable bonds is 4. The molecule has 0 aliphatic carbocycles. The third-order valence-corrected chi connectivity index (χ3v) is 5.46. The molecule has 0 saturated carbocycles. The molecule has 0 unspecified atom stereocenters. The Hall–Kier alpha value is -0.650. The molecule has 2 heterocycles. The quantitative estimate of drug-likeness (QED) is 0.716. The molecule has 0 amide bonds.